The topological polar surface area (TPSA) is 74.7 Å². The molecule has 2 atom stereocenters. The van der Waals surface area contributed by atoms with Crippen molar-refractivity contribution in [3.05, 3.63) is 24.0 Å². The molecule has 2 heterocycles. The van der Waals surface area contributed by atoms with Crippen molar-refractivity contribution < 1.29 is 0 Å². The average molecular weight is 188 g/mol. The molecule has 72 valence electrons. The molecule has 0 aliphatic carbocycles. The number of pyridine rings is 1. The average Bonchev–Trinajstić information content (AvgIpc) is 2.67. The molecule has 0 radical (unpaired) electrons. The second kappa shape index (κ2) is 3.64. The number of hydrogen-bond acceptors (Lipinski definition) is 4. The van der Waals surface area contributed by atoms with E-state index >= 15 is 0 Å². The van der Waals surface area contributed by atoms with Crippen LogP contribution >= 0.6 is 0 Å². The van der Waals surface area contributed by atoms with Gasteiger partial charge >= 0.3 is 0 Å². The lowest BCUT2D eigenvalue weighted by molar-refractivity contribution is 0.629. The fourth-order valence-electron chi connectivity index (χ4n) is 1.76. The maximum Gasteiger partial charge on any atom is 0.0683 e. The standard InChI is InChI=1S/C10H12N4/c11-3-7-4-13-6-9(7)10-2-1-8(12)5-14-10/h1-2,5,7,9,13H,4,6,12H2. The van der Waals surface area contributed by atoms with Crippen molar-refractivity contribution in [2.24, 2.45) is 5.92 Å². The van der Waals surface area contributed by atoms with Crippen molar-refractivity contribution in [1.29, 1.82) is 5.26 Å². The van der Waals surface area contributed by atoms with Crippen molar-refractivity contribution in [2.75, 3.05) is 18.8 Å². The van der Waals surface area contributed by atoms with E-state index in [-0.39, 0.29) is 11.8 Å². The first-order valence-corrected chi connectivity index (χ1v) is 4.63. The zero-order valence-electron chi connectivity index (χ0n) is 7.77. The highest BCUT2D eigenvalue weighted by atomic mass is 14.9. The Bertz CT molecular complexity index is 351. The third-order valence-electron chi connectivity index (χ3n) is 2.57. The second-order valence-corrected chi connectivity index (χ2v) is 3.52. The van der Waals surface area contributed by atoms with Crippen LogP contribution in [0, 0.1) is 17.2 Å². The summed E-state index contributed by atoms with van der Waals surface area (Å²) < 4.78 is 0. The molecule has 1 saturated heterocycles. The first kappa shape index (κ1) is 8.97. The number of nitrogen functional groups attached to an aromatic ring is 1. The van der Waals surface area contributed by atoms with Crippen LogP contribution in [0.4, 0.5) is 5.69 Å². The molecule has 0 amide bonds. The summed E-state index contributed by atoms with van der Waals surface area (Å²) in [6.45, 7) is 1.59. The molecule has 0 spiro atoms. The van der Waals surface area contributed by atoms with E-state index in [9.17, 15) is 0 Å². The van der Waals surface area contributed by atoms with Gasteiger partial charge in [0.2, 0.25) is 0 Å². The molecule has 0 saturated carbocycles. The minimum Gasteiger partial charge on any atom is -0.397 e. The van der Waals surface area contributed by atoms with Crippen LogP contribution in [0.15, 0.2) is 18.3 Å². The predicted molar refractivity (Wildman–Crippen MR) is 53.4 cm³/mol. The van der Waals surface area contributed by atoms with E-state index in [1.54, 1.807) is 6.20 Å². The van der Waals surface area contributed by atoms with Gasteiger partial charge in [0.05, 0.1) is 23.9 Å². The third kappa shape index (κ3) is 1.54. The van der Waals surface area contributed by atoms with Gasteiger partial charge in [-0.2, -0.15) is 5.26 Å². The Morgan fingerprint density at radius 2 is 2.36 bits per heavy atom. The summed E-state index contributed by atoms with van der Waals surface area (Å²) in [4.78, 5) is 4.24. The van der Waals surface area contributed by atoms with Gasteiger partial charge in [-0.1, -0.05) is 0 Å². The van der Waals surface area contributed by atoms with Crippen molar-refractivity contribution in [3.8, 4) is 6.07 Å². The molecular formula is C10H12N4. The lowest BCUT2D eigenvalue weighted by Crippen LogP contribution is -2.10. The van der Waals surface area contributed by atoms with Crippen LogP contribution < -0.4 is 11.1 Å². The van der Waals surface area contributed by atoms with E-state index < -0.39 is 0 Å². The quantitative estimate of drug-likeness (QED) is 0.672. The van der Waals surface area contributed by atoms with Gasteiger partial charge in [-0.05, 0) is 12.1 Å². The maximum atomic E-state index is 8.91. The highest BCUT2D eigenvalue weighted by Crippen LogP contribution is 2.26. The fourth-order valence-corrected chi connectivity index (χ4v) is 1.76. The van der Waals surface area contributed by atoms with Gasteiger partial charge < -0.3 is 11.1 Å². The van der Waals surface area contributed by atoms with Gasteiger partial charge in [0, 0.05) is 24.7 Å². The molecule has 3 N–H and O–H groups in total. The second-order valence-electron chi connectivity index (χ2n) is 3.52. The molecule has 1 fully saturated rings. The Kier molecular flexibility index (Phi) is 2.33. The van der Waals surface area contributed by atoms with Crippen LogP contribution in [0.1, 0.15) is 11.6 Å². The van der Waals surface area contributed by atoms with Crippen LogP contribution in [0.2, 0.25) is 0 Å². The van der Waals surface area contributed by atoms with Gasteiger partial charge in [-0.15, -0.1) is 0 Å². The molecule has 0 bridgehead atoms. The van der Waals surface area contributed by atoms with Crippen molar-refractivity contribution in [2.45, 2.75) is 5.92 Å². The fraction of sp³-hybridized carbons (Fsp3) is 0.400. The largest absolute Gasteiger partial charge is 0.397 e. The maximum absolute atomic E-state index is 8.91. The number of nitrogens with two attached hydrogens (primary N) is 1. The van der Waals surface area contributed by atoms with Crippen LogP contribution in [0.3, 0.4) is 0 Å². The van der Waals surface area contributed by atoms with E-state index in [0.717, 1.165) is 18.8 Å². The number of nitrogens with one attached hydrogen (secondary N) is 1. The molecule has 4 nitrogen and oxygen atoms in total. The molecule has 2 unspecified atom stereocenters. The van der Waals surface area contributed by atoms with E-state index in [1.165, 1.54) is 0 Å². The lowest BCUT2D eigenvalue weighted by atomic mass is 9.94. The van der Waals surface area contributed by atoms with Gasteiger partial charge in [-0.3, -0.25) is 4.98 Å². The van der Waals surface area contributed by atoms with Gasteiger partial charge in [0.15, 0.2) is 0 Å². The zero-order valence-corrected chi connectivity index (χ0v) is 7.77. The van der Waals surface area contributed by atoms with Gasteiger partial charge in [0.1, 0.15) is 0 Å². The third-order valence-corrected chi connectivity index (χ3v) is 2.57. The Hall–Kier alpha value is -1.60. The summed E-state index contributed by atoms with van der Waals surface area (Å²) in [5.41, 5.74) is 7.16. The summed E-state index contributed by atoms with van der Waals surface area (Å²) >= 11 is 0. The van der Waals surface area contributed by atoms with E-state index in [4.69, 9.17) is 11.0 Å². The monoisotopic (exact) mass is 188 g/mol. The smallest absolute Gasteiger partial charge is 0.0683 e. The van der Waals surface area contributed by atoms with Crippen LogP contribution in [-0.4, -0.2) is 18.1 Å². The first-order chi connectivity index (χ1) is 6.81. The summed E-state index contributed by atoms with van der Waals surface area (Å²) in [6.07, 6.45) is 1.64. The van der Waals surface area contributed by atoms with Gasteiger partial charge in [-0.25, -0.2) is 0 Å². The SMILES string of the molecule is N#CC1CNCC1c1ccc(N)cn1. The number of aromatic nitrogens is 1. The molecule has 4 heteroatoms. The first-order valence-electron chi connectivity index (χ1n) is 4.63. The highest BCUT2D eigenvalue weighted by molar-refractivity contribution is 5.35. The lowest BCUT2D eigenvalue weighted by Gasteiger charge is -2.11. The van der Waals surface area contributed by atoms with Crippen LogP contribution in [0.25, 0.3) is 0 Å². The molecule has 1 aliphatic heterocycles. The molecule has 1 aromatic rings. The molecule has 14 heavy (non-hydrogen) atoms. The summed E-state index contributed by atoms with van der Waals surface area (Å²) in [5.74, 6) is 0.242. The van der Waals surface area contributed by atoms with Crippen molar-refractivity contribution in [3.63, 3.8) is 0 Å². The summed E-state index contributed by atoms with van der Waals surface area (Å²) in [7, 11) is 0. The number of hydrogen-bond donors (Lipinski definition) is 2. The van der Waals surface area contributed by atoms with Crippen LogP contribution in [0.5, 0.6) is 0 Å². The van der Waals surface area contributed by atoms with Crippen molar-refractivity contribution in [1.82, 2.24) is 10.3 Å². The normalized spacial score (nSPS) is 25.9. The number of anilines is 1. The predicted octanol–water partition coefficient (Wildman–Crippen LogP) is 0.490. The van der Waals surface area contributed by atoms with Gasteiger partial charge in [0.25, 0.3) is 0 Å². The highest BCUT2D eigenvalue weighted by Gasteiger charge is 2.28. The summed E-state index contributed by atoms with van der Waals surface area (Å²) in [6, 6.07) is 6.02. The number of rotatable bonds is 1. The zero-order chi connectivity index (χ0) is 9.97. The van der Waals surface area contributed by atoms with E-state index in [1.807, 2.05) is 12.1 Å². The Balaban J connectivity index is 2.23. The molecule has 1 aromatic heterocycles. The Morgan fingerprint density at radius 3 is 3.00 bits per heavy atom. The minimum atomic E-state index is 0.0334. The molecule has 0 aromatic carbocycles. The van der Waals surface area contributed by atoms with E-state index in [0.29, 0.717) is 5.69 Å². The number of nitrogens with zero attached hydrogens (tertiary/aromatic N) is 2. The van der Waals surface area contributed by atoms with E-state index in [2.05, 4.69) is 16.4 Å². The number of nitriles is 1. The Morgan fingerprint density at radius 1 is 1.50 bits per heavy atom. The van der Waals surface area contributed by atoms with Crippen molar-refractivity contribution >= 4 is 5.69 Å². The Labute approximate surface area is 82.8 Å². The molecule has 2 rings (SSSR count). The molecular weight excluding hydrogens is 176 g/mol. The minimum absolute atomic E-state index is 0.0334. The molecule has 1 aliphatic rings. The summed E-state index contributed by atoms with van der Waals surface area (Å²) in [5, 5.41) is 12.1. The van der Waals surface area contributed by atoms with Crippen LogP contribution in [-0.2, 0) is 0 Å².